The van der Waals surface area contributed by atoms with Gasteiger partial charge in [0.1, 0.15) is 0 Å². The standard InChI is InChI=1S/C16H25N3O/c1-3-15(18-2)12-4-6-14(7-5-12)19-10-8-13(9-11-19)16(17)20/h4-7,13,15,18H,3,8-11H2,1-2H3,(H2,17,20). The summed E-state index contributed by atoms with van der Waals surface area (Å²) in [6.45, 7) is 4.01. The molecule has 0 aromatic heterocycles. The highest BCUT2D eigenvalue weighted by atomic mass is 16.1. The average molecular weight is 275 g/mol. The van der Waals surface area contributed by atoms with Crippen molar-refractivity contribution in [3.8, 4) is 0 Å². The summed E-state index contributed by atoms with van der Waals surface area (Å²) in [5.74, 6) is -0.0981. The number of primary amides is 1. The van der Waals surface area contributed by atoms with Crippen LogP contribution in [0.25, 0.3) is 0 Å². The number of nitrogens with two attached hydrogens (primary N) is 1. The minimum atomic E-state index is -0.153. The van der Waals surface area contributed by atoms with Crippen molar-refractivity contribution in [3.05, 3.63) is 29.8 Å². The Morgan fingerprint density at radius 3 is 2.40 bits per heavy atom. The molecule has 0 spiro atoms. The maximum absolute atomic E-state index is 11.2. The van der Waals surface area contributed by atoms with Gasteiger partial charge in [0.15, 0.2) is 0 Å². The third kappa shape index (κ3) is 3.31. The fraction of sp³-hybridized carbons (Fsp3) is 0.562. The van der Waals surface area contributed by atoms with Gasteiger partial charge < -0.3 is 16.0 Å². The van der Waals surface area contributed by atoms with Crippen molar-refractivity contribution in [3.63, 3.8) is 0 Å². The van der Waals surface area contributed by atoms with Crippen LogP contribution in [0.2, 0.25) is 0 Å². The van der Waals surface area contributed by atoms with E-state index in [9.17, 15) is 4.79 Å². The Morgan fingerprint density at radius 1 is 1.35 bits per heavy atom. The van der Waals surface area contributed by atoms with E-state index < -0.39 is 0 Å². The van der Waals surface area contributed by atoms with Crippen LogP contribution in [0.4, 0.5) is 5.69 Å². The summed E-state index contributed by atoms with van der Waals surface area (Å²) in [6.07, 6.45) is 2.82. The number of carbonyl (C=O) groups excluding carboxylic acids is 1. The van der Waals surface area contributed by atoms with Gasteiger partial charge in [0.2, 0.25) is 5.91 Å². The zero-order valence-corrected chi connectivity index (χ0v) is 12.4. The molecule has 1 atom stereocenters. The first-order valence-corrected chi connectivity index (χ1v) is 7.47. The number of benzene rings is 1. The van der Waals surface area contributed by atoms with Gasteiger partial charge in [-0.25, -0.2) is 0 Å². The van der Waals surface area contributed by atoms with E-state index in [0.29, 0.717) is 6.04 Å². The summed E-state index contributed by atoms with van der Waals surface area (Å²) in [4.78, 5) is 13.5. The van der Waals surface area contributed by atoms with Crippen molar-refractivity contribution < 1.29 is 4.79 Å². The Labute approximate surface area is 121 Å². The summed E-state index contributed by atoms with van der Waals surface area (Å²) in [6, 6.07) is 9.17. The second kappa shape index (κ2) is 6.75. The first-order valence-electron chi connectivity index (χ1n) is 7.47. The molecular weight excluding hydrogens is 250 g/mol. The average Bonchev–Trinajstić information content (AvgIpc) is 2.49. The highest BCUT2D eigenvalue weighted by molar-refractivity contribution is 5.77. The maximum atomic E-state index is 11.2. The molecule has 3 N–H and O–H groups in total. The van der Waals surface area contributed by atoms with Gasteiger partial charge in [-0.2, -0.15) is 0 Å². The lowest BCUT2D eigenvalue weighted by Crippen LogP contribution is -2.38. The largest absolute Gasteiger partial charge is 0.371 e. The number of nitrogens with zero attached hydrogens (tertiary/aromatic N) is 1. The van der Waals surface area contributed by atoms with Crippen molar-refractivity contribution in [2.24, 2.45) is 11.7 Å². The minimum Gasteiger partial charge on any atom is -0.371 e. The molecule has 0 radical (unpaired) electrons. The van der Waals surface area contributed by atoms with E-state index in [1.54, 1.807) is 0 Å². The summed E-state index contributed by atoms with van der Waals surface area (Å²) in [7, 11) is 2.00. The lowest BCUT2D eigenvalue weighted by Gasteiger charge is -2.32. The normalized spacial score (nSPS) is 18.0. The first-order chi connectivity index (χ1) is 9.65. The molecule has 1 amide bonds. The summed E-state index contributed by atoms with van der Waals surface area (Å²) in [5.41, 5.74) is 7.93. The second-order valence-electron chi connectivity index (χ2n) is 5.50. The molecule has 1 aliphatic rings. The molecule has 1 unspecified atom stereocenters. The summed E-state index contributed by atoms with van der Waals surface area (Å²) >= 11 is 0. The smallest absolute Gasteiger partial charge is 0.220 e. The Balaban J connectivity index is 1.99. The molecule has 20 heavy (non-hydrogen) atoms. The number of hydrogen-bond donors (Lipinski definition) is 2. The summed E-state index contributed by atoms with van der Waals surface area (Å²) in [5, 5.41) is 3.32. The quantitative estimate of drug-likeness (QED) is 0.865. The summed E-state index contributed by atoms with van der Waals surface area (Å²) < 4.78 is 0. The number of rotatable bonds is 5. The third-order valence-electron chi connectivity index (χ3n) is 4.31. The molecular formula is C16H25N3O. The van der Waals surface area contributed by atoms with E-state index in [1.807, 2.05) is 7.05 Å². The predicted molar refractivity (Wildman–Crippen MR) is 82.7 cm³/mol. The fourth-order valence-corrected chi connectivity index (χ4v) is 2.95. The van der Waals surface area contributed by atoms with Crippen LogP contribution in [-0.4, -0.2) is 26.0 Å². The zero-order chi connectivity index (χ0) is 14.5. The van der Waals surface area contributed by atoms with E-state index >= 15 is 0 Å². The molecule has 1 aromatic rings. The van der Waals surface area contributed by atoms with Gasteiger partial charge in [0.05, 0.1) is 0 Å². The van der Waals surface area contributed by atoms with Gasteiger partial charge in [-0.15, -0.1) is 0 Å². The molecule has 0 saturated carbocycles. The molecule has 0 aliphatic carbocycles. The van der Waals surface area contributed by atoms with Gasteiger partial charge in [-0.05, 0) is 44.0 Å². The van der Waals surface area contributed by atoms with E-state index in [4.69, 9.17) is 5.73 Å². The molecule has 0 bridgehead atoms. The van der Waals surface area contributed by atoms with Crippen LogP contribution in [0.3, 0.4) is 0 Å². The highest BCUT2D eigenvalue weighted by Crippen LogP contribution is 2.25. The Kier molecular flexibility index (Phi) is 5.01. The Hall–Kier alpha value is -1.55. The zero-order valence-electron chi connectivity index (χ0n) is 12.4. The lowest BCUT2D eigenvalue weighted by molar-refractivity contribution is -0.122. The molecule has 2 rings (SSSR count). The van der Waals surface area contributed by atoms with E-state index in [0.717, 1.165) is 32.4 Å². The number of nitrogens with one attached hydrogen (secondary N) is 1. The number of hydrogen-bond acceptors (Lipinski definition) is 3. The Morgan fingerprint density at radius 2 is 1.95 bits per heavy atom. The van der Waals surface area contributed by atoms with Crippen molar-refractivity contribution in [2.75, 3.05) is 25.0 Å². The monoisotopic (exact) mass is 275 g/mol. The fourth-order valence-electron chi connectivity index (χ4n) is 2.95. The highest BCUT2D eigenvalue weighted by Gasteiger charge is 2.23. The first kappa shape index (κ1) is 14.9. The van der Waals surface area contributed by atoms with Crippen molar-refractivity contribution in [2.45, 2.75) is 32.2 Å². The van der Waals surface area contributed by atoms with Crippen LogP contribution in [0.1, 0.15) is 37.8 Å². The number of carbonyl (C=O) groups is 1. The van der Waals surface area contributed by atoms with E-state index in [2.05, 4.69) is 41.4 Å². The third-order valence-corrected chi connectivity index (χ3v) is 4.31. The van der Waals surface area contributed by atoms with Gasteiger partial charge in [0, 0.05) is 30.7 Å². The van der Waals surface area contributed by atoms with Crippen molar-refractivity contribution in [1.29, 1.82) is 0 Å². The van der Waals surface area contributed by atoms with Gasteiger partial charge in [0.25, 0.3) is 0 Å². The number of anilines is 1. The van der Waals surface area contributed by atoms with E-state index in [-0.39, 0.29) is 11.8 Å². The second-order valence-corrected chi connectivity index (χ2v) is 5.50. The molecule has 1 heterocycles. The predicted octanol–water partition coefficient (Wildman–Crippen LogP) is 2.06. The molecule has 1 aliphatic heterocycles. The molecule has 110 valence electrons. The number of amides is 1. The molecule has 4 nitrogen and oxygen atoms in total. The maximum Gasteiger partial charge on any atom is 0.220 e. The molecule has 1 aromatic carbocycles. The lowest BCUT2D eigenvalue weighted by atomic mass is 9.95. The van der Waals surface area contributed by atoms with Gasteiger partial charge in [-0.1, -0.05) is 19.1 Å². The minimum absolute atomic E-state index is 0.0549. The topological polar surface area (TPSA) is 58.4 Å². The van der Waals surface area contributed by atoms with Crippen LogP contribution >= 0.6 is 0 Å². The van der Waals surface area contributed by atoms with Crippen LogP contribution in [0.5, 0.6) is 0 Å². The van der Waals surface area contributed by atoms with Gasteiger partial charge in [-0.3, -0.25) is 4.79 Å². The Bertz CT molecular complexity index is 432. The molecule has 1 fully saturated rings. The van der Waals surface area contributed by atoms with Crippen molar-refractivity contribution in [1.82, 2.24) is 5.32 Å². The SMILES string of the molecule is CCC(NC)c1ccc(N2CCC(C(N)=O)CC2)cc1. The van der Waals surface area contributed by atoms with Gasteiger partial charge >= 0.3 is 0 Å². The van der Waals surface area contributed by atoms with Crippen LogP contribution in [0, 0.1) is 5.92 Å². The van der Waals surface area contributed by atoms with Crippen LogP contribution < -0.4 is 16.0 Å². The molecule has 1 saturated heterocycles. The number of piperidine rings is 1. The van der Waals surface area contributed by atoms with Crippen LogP contribution in [0.15, 0.2) is 24.3 Å². The molecule has 4 heteroatoms. The van der Waals surface area contributed by atoms with Crippen LogP contribution in [-0.2, 0) is 4.79 Å². The van der Waals surface area contributed by atoms with Crippen molar-refractivity contribution >= 4 is 11.6 Å². The van der Waals surface area contributed by atoms with E-state index in [1.165, 1.54) is 11.3 Å².